The number of nitrogens with zero attached hydrogens (tertiary/aromatic N) is 1. The summed E-state index contributed by atoms with van der Waals surface area (Å²) in [5.74, 6) is 0. The van der Waals surface area contributed by atoms with E-state index in [1.165, 1.54) is 50.2 Å². The first kappa shape index (κ1) is 21.8. The highest BCUT2D eigenvalue weighted by atomic mass is 17.0. The van der Waals surface area contributed by atoms with Gasteiger partial charge in [0.15, 0.2) is 0 Å². The highest BCUT2D eigenvalue weighted by molar-refractivity contribution is 4.54. The van der Waals surface area contributed by atoms with E-state index in [0.717, 1.165) is 19.3 Å². The summed E-state index contributed by atoms with van der Waals surface area (Å²) < 4.78 is 0. The van der Waals surface area contributed by atoms with Crippen LogP contribution in [0.3, 0.4) is 0 Å². The molecule has 0 spiro atoms. The van der Waals surface area contributed by atoms with Crippen LogP contribution < -0.4 is 5.73 Å². The number of unbranched alkanes of at least 4 members (excludes halogenated alkanes) is 8. The van der Waals surface area contributed by atoms with Gasteiger partial charge in [-0.3, -0.25) is 9.68 Å². The predicted molar refractivity (Wildman–Crippen MR) is 87.7 cm³/mol. The maximum absolute atomic E-state index is 8.78. The molecule has 0 fully saturated rings. The van der Waals surface area contributed by atoms with Gasteiger partial charge in [-0.25, -0.2) is 0 Å². The second-order valence-corrected chi connectivity index (χ2v) is 5.58. The Morgan fingerprint density at radius 1 is 0.818 bits per heavy atom. The minimum absolute atomic E-state index is 0.0935. The van der Waals surface area contributed by atoms with Gasteiger partial charge in [0.05, 0.1) is 26.4 Å². The van der Waals surface area contributed by atoms with E-state index in [2.05, 4.69) is 6.92 Å². The summed E-state index contributed by atoms with van der Waals surface area (Å²) in [4.78, 5) is 10.4. The van der Waals surface area contributed by atoms with Crippen molar-refractivity contribution in [1.29, 1.82) is 0 Å². The van der Waals surface area contributed by atoms with Gasteiger partial charge in [-0.1, -0.05) is 64.7 Å². The average molecular weight is 320 g/mol. The average Bonchev–Trinajstić information content (AvgIpc) is 2.53. The van der Waals surface area contributed by atoms with Gasteiger partial charge < -0.3 is 15.9 Å². The van der Waals surface area contributed by atoms with E-state index in [0.29, 0.717) is 0 Å². The lowest BCUT2D eigenvalue weighted by molar-refractivity contribution is -0.391. The summed E-state index contributed by atoms with van der Waals surface area (Å²) in [6, 6.07) is 0. The molecular weight excluding hydrogens is 284 g/mol. The molecule has 0 aromatic heterocycles. The van der Waals surface area contributed by atoms with Crippen LogP contribution >= 0.6 is 0 Å². The first-order valence-corrected chi connectivity index (χ1v) is 8.78. The van der Waals surface area contributed by atoms with E-state index < -0.39 is 0 Å². The Hall–Kier alpha value is -0.240. The third-order valence-corrected chi connectivity index (χ3v) is 3.49. The molecule has 0 rings (SSSR count). The van der Waals surface area contributed by atoms with E-state index >= 15 is 0 Å². The molecule has 0 aromatic rings. The van der Waals surface area contributed by atoms with E-state index in [1.807, 2.05) is 0 Å². The number of rotatable bonds is 17. The largest absolute Gasteiger partial charge is 0.394 e. The van der Waals surface area contributed by atoms with Gasteiger partial charge in [0.1, 0.15) is 6.17 Å². The summed E-state index contributed by atoms with van der Waals surface area (Å²) in [7, 11) is 0. The van der Waals surface area contributed by atoms with Crippen LogP contribution in [0.15, 0.2) is 0 Å². The SMILES string of the molecule is CCCCCCCCCCCC(N)N(OCCO)OCCO. The van der Waals surface area contributed by atoms with E-state index in [-0.39, 0.29) is 32.6 Å². The fourth-order valence-electron chi connectivity index (χ4n) is 2.26. The van der Waals surface area contributed by atoms with Crippen LogP contribution in [0.2, 0.25) is 0 Å². The Kier molecular flexibility index (Phi) is 16.9. The highest BCUT2D eigenvalue weighted by Crippen LogP contribution is 2.12. The number of hydrogen-bond acceptors (Lipinski definition) is 6. The van der Waals surface area contributed by atoms with Crippen LogP contribution in [0.25, 0.3) is 0 Å². The molecule has 0 amide bonds. The third-order valence-electron chi connectivity index (χ3n) is 3.49. The van der Waals surface area contributed by atoms with Crippen molar-refractivity contribution in [3.05, 3.63) is 0 Å². The monoisotopic (exact) mass is 320 g/mol. The van der Waals surface area contributed by atoms with Crippen molar-refractivity contribution in [1.82, 2.24) is 5.23 Å². The van der Waals surface area contributed by atoms with Crippen molar-refractivity contribution >= 4 is 0 Å². The third kappa shape index (κ3) is 13.4. The molecule has 0 aliphatic heterocycles. The maximum Gasteiger partial charge on any atom is 0.110 e. The molecule has 4 N–H and O–H groups in total. The van der Waals surface area contributed by atoms with Crippen LogP contribution in [0.4, 0.5) is 0 Å². The van der Waals surface area contributed by atoms with E-state index in [4.69, 9.17) is 25.6 Å². The zero-order valence-corrected chi connectivity index (χ0v) is 14.2. The van der Waals surface area contributed by atoms with Crippen molar-refractivity contribution in [3.63, 3.8) is 0 Å². The van der Waals surface area contributed by atoms with Gasteiger partial charge in [0.2, 0.25) is 0 Å². The molecule has 0 aromatic carbocycles. The smallest absolute Gasteiger partial charge is 0.110 e. The second kappa shape index (κ2) is 17.1. The van der Waals surface area contributed by atoms with Crippen molar-refractivity contribution < 1.29 is 19.9 Å². The molecule has 0 heterocycles. The maximum atomic E-state index is 8.78. The fraction of sp³-hybridized carbons (Fsp3) is 1.00. The van der Waals surface area contributed by atoms with Crippen LogP contribution in [0.1, 0.15) is 71.1 Å². The predicted octanol–water partition coefficient (Wildman–Crippen LogP) is 2.34. The summed E-state index contributed by atoms with van der Waals surface area (Å²) in [6.45, 7) is 2.32. The number of hydroxylamine groups is 2. The molecule has 0 radical (unpaired) electrons. The molecule has 1 unspecified atom stereocenters. The molecule has 0 bridgehead atoms. The van der Waals surface area contributed by atoms with Crippen molar-refractivity contribution in [2.75, 3.05) is 26.4 Å². The molecule has 0 saturated heterocycles. The highest BCUT2D eigenvalue weighted by Gasteiger charge is 2.15. The lowest BCUT2D eigenvalue weighted by Crippen LogP contribution is -2.43. The van der Waals surface area contributed by atoms with Crippen molar-refractivity contribution in [2.45, 2.75) is 77.3 Å². The standard InChI is InChI=1S/C16H36N2O4/c1-2-3-4-5-6-7-8-9-10-11-16(17)18(21-14-12-19)22-15-13-20/h16,19-20H,2-15,17H2,1H3. The minimum atomic E-state index is -0.373. The molecule has 0 aliphatic carbocycles. The Labute approximate surface area is 135 Å². The summed E-state index contributed by atoms with van der Waals surface area (Å²) in [5.41, 5.74) is 6.01. The zero-order chi connectivity index (χ0) is 16.5. The van der Waals surface area contributed by atoms with Crippen molar-refractivity contribution in [3.8, 4) is 0 Å². The van der Waals surface area contributed by atoms with Gasteiger partial charge in [-0.2, -0.15) is 0 Å². The molecule has 6 nitrogen and oxygen atoms in total. The molecule has 0 aliphatic rings. The first-order valence-electron chi connectivity index (χ1n) is 8.78. The molecule has 1 atom stereocenters. The van der Waals surface area contributed by atoms with E-state index in [9.17, 15) is 0 Å². The lowest BCUT2D eigenvalue weighted by Gasteiger charge is -2.26. The number of aliphatic hydroxyl groups excluding tert-OH is 2. The quantitative estimate of drug-likeness (QED) is 0.217. The van der Waals surface area contributed by atoms with E-state index in [1.54, 1.807) is 0 Å². The number of aliphatic hydroxyl groups is 2. The molecular formula is C16H36N2O4. The minimum Gasteiger partial charge on any atom is -0.394 e. The Bertz CT molecular complexity index is 212. The second-order valence-electron chi connectivity index (χ2n) is 5.58. The van der Waals surface area contributed by atoms with Crippen LogP contribution in [-0.2, 0) is 9.68 Å². The zero-order valence-electron chi connectivity index (χ0n) is 14.2. The summed E-state index contributed by atoms with van der Waals surface area (Å²) >= 11 is 0. The normalized spacial score (nSPS) is 13.0. The molecule has 134 valence electrons. The van der Waals surface area contributed by atoms with Gasteiger partial charge >= 0.3 is 0 Å². The summed E-state index contributed by atoms with van der Waals surface area (Å²) in [5, 5.41) is 18.8. The Morgan fingerprint density at radius 2 is 1.27 bits per heavy atom. The molecule has 0 saturated carbocycles. The van der Waals surface area contributed by atoms with Gasteiger partial charge in [0.25, 0.3) is 0 Å². The fourth-order valence-corrected chi connectivity index (χ4v) is 2.26. The lowest BCUT2D eigenvalue weighted by atomic mass is 10.1. The first-order chi connectivity index (χ1) is 10.8. The Morgan fingerprint density at radius 3 is 1.73 bits per heavy atom. The van der Waals surface area contributed by atoms with Gasteiger partial charge in [-0.05, 0) is 11.6 Å². The topological polar surface area (TPSA) is 88.2 Å². The van der Waals surface area contributed by atoms with Gasteiger partial charge in [-0.15, -0.1) is 0 Å². The number of nitrogens with two attached hydrogens (primary N) is 1. The summed E-state index contributed by atoms with van der Waals surface area (Å²) in [6.07, 6.45) is 11.8. The Balaban J connectivity index is 3.59. The van der Waals surface area contributed by atoms with Crippen LogP contribution in [0, 0.1) is 0 Å². The molecule has 6 heteroatoms. The number of hydrogen-bond donors (Lipinski definition) is 3. The van der Waals surface area contributed by atoms with Crippen LogP contribution in [-0.4, -0.2) is 48.0 Å². The van der Waals surface area contributed by atoms with Crippen LogP contribution in [0.5, 0.6) is 0 Å². The molecule has 22 heavy (non-hydrogen) atoms. The van der Waals surface area contributed by atoms with Gasteiger partial charge in [0, 0.05) is 0 Å². The van der Waals surface area contributed by atoms with Crippen molar-refractivity contribution in [2.24, 2.45) is 5.73 Å².